The number of carbonyl (C=O) groups excluding carboxylic acids is 2. The molecule has 4 rings (SSSR count). The third kappa shape index (κ3) is 7.86. The molecule has 3 heterocycles. The maximum absolute atomic E-state index is 13.5. The molecule has 2 aromatic rings. The number of hydrogen-bond acceptors (Lipinski definition) is 6. The number of thioether (sulfide) groups is 1. The number of nitrogens with one attached hydrogen (secondary N) is 1. The van der Waals surface area contributed by atoms with Crippen LogP contribution in [0.1, 0.15) is 69.9 Å². The Hall–Kier alpha value is -2.36. The molecule has 39 heavy (non-hydrogen) atoms. The van der Waals surface area contributed by atoms with Crippen LogP contribution in [0.5, 0.6) is 0 Å². The largest absolute Gasteiger partial charge is 0.390 e. The Morgan fingerprint density at radius 2 is 1.79 bits per heavy atom. The summed E-state index contributed by atoms with van der Waals surface area (Å²) in [6.07, 6.45) is 1.88. The first-order valence-corrected chi connectivity index (χ1v) is 14.7. The summed E-state index contributed by atoms with van der Waals surface area (Å²) in [5.41, 5.74) is 0.126. The molecule has 10 heteroatoms. The SMILES string of the molecule is CC(C)(C)CSc1cc(CNC(=O)CC(C)(C)O)nc(N2C3CCC2CN(C(=O)c2ccc(F)cc2Cl)C3)c1. The fourth-order valence-electron chi connectivity index (χ4n) is 5.07. The molecule has 1 aromatic heterocycles. The third-order valence-electron chi connectivity index (χ3n) is 6.77. The van der Waals surface area contributed by atoms with Crippen LogP contribution in [-0.4, -0.2) is 63.3 Å². The first-order valence-electron chi connectivity index (χ1n) is 13.3. The Morgan fingerprint density at radius 1 is 1.13 bits per heavy atom. The molecule has 2 atom stereocenters. The van der Waals surface area contributed by atoms with Gasteiger partial charge in [0.1, 0.15) is 11.6 Å². The molecule has 2 fully saturated rings. The topological polar surface area (TPSA) is 85.8 Å². The van der Waals surface area contributed by atoms with Crippen molar-refractivity contribution in [3.8, 4) is 0 Å². The van der Waals surface area contributed by atoms with Gasteiger partial charge in [0.05, 0.1) is 34.8 Å². The number of anilines is 1. The van der Waals surface area contributed by atoms with Crippen LogP contribution in [0.15, 0.2) is 35.2 Å². The maximum atomic E-state index is 13.5. The molecular formula is C29H38ClFN4O3S. The van der Waals surface area contributed by atoms with Crippen LogP contribution in [0.25, 0.3) is 0 Å². The molecule has 0 radical (unpaired) electrons. The molecule has 2 saturated heterocycles. The van der Waals surface area contributed by atoms with E-state index in [9.17, 15) is 19.1 Å². The van der Waals surface area contributed by atoms with Gasteiger partial charge in [-0.25, -0.2) is 9.37 Å². The number of fused-ring (bicyclic) bond motifs is 2. The molecule has 2 unspecified atom stereocenters. The molecule has 0 spiro atoms. The number of pyridine rings is 1. The van der Waals surface area contributed by atoms with E-state index in [1.165, 1.54) is 18.2 Å². The standard InChI is InChI=1S/C29H38ClFN4O3S/c1-28(2,3)17-39-22-11-19(14-32-26(36)13-29(4,5)38)33-25(12-22)35-20-7-8-21(35)16-34(15-20)27(37)23-9-6-18(31)10-24(23)30/h6,9-12,20-21,38H,7-8,13-17H2,1-5H3,(H,32,36). The van der Waals surface area contributed by atoms with Crippen molar-refractivity contribution in [2.24, 2.45) is 5.41 Å². The summed E-state index contributed by atoms with van der Waals surface area (Å²) in [5.74, 6) is 0.887. The summed E-state index contributed by atoms with van der Waals surface area (Å²) in [6.45, 7) is 11.1. The van der Waals surface area contributed by atoms with E-state index in [-0.39, 0.29) is 47.3 Å². The Balaban J connectivity index is 1.54. The Bertz CT molecular complexity index is 1220. The van der Waals surface area contributed by atoms with E-state index < -0.39 is 11.4 Å². The normalized spacial score (nSPS) is 19.4. The van der Waals surface area contributed by atoms with Gasteiger partial charge in [0, 0.05) is 35.8 Å². The van der Waals surface area contributed by atoms with Crippen molar-refractivity contribution in [3.63, 3.8) is 0 Å². The van der Waals surface area contributed by atoms with Crippen molar-refractivity contribution >= 4 is 41.0 Å². The fourth-order valence-corrected chi connectivity index (χ4v) is 6.33. The summed E-state index contributed by atoms with van der Waals surface area (Å²) < 4.78 is 13.5. The Labute approximate surface area is 239 Å². The summed E-state index contributed by atoms with van der Waals surface area (Å²) in [6, 6.07) is 8.20. The summed E-state index contributed by atoms with van der Waals surface area (Å²) in [4.78, 5) is 35.8. The molecule has 2 amide bonds. The molecule has 2 aliphatic rings. The van der Waals surface area contributed by atoms with E-state index in [0.717, 1.165) is 35.0 Å². The van der Waals surface area contributed by atoms with Gasteiger partial charge < -0.3 is 20.2 Å². The highest BCUT2D eigenvalue weighted by Crippen LogP contribution is 2.37. The number of amides is 2. The number of hydrogen-bond donors (Lipinski definition) is 2. The van der Waals surface area contributed by atoms with Crippen molar-refractivity contribution in [3.05, 3.63) is 52.4 Å². The van der Waals surface area contributed by atoms with Crippen LogP contribution < -0.4 is 10.2 Å². The van der Waals surface area contributed by atoms with E-state index in [1.807, 2.05) is 11.0 Å². The number of carbonyl (C=O) groups is 2. The lowest BCUT2D eigenvalue weighted by Crippen LogP contribution is -2.55. The molecule has 7 nitrogen and oxygen atoms in total. The lowest BCUT2D eigenvalue weighted by atomic mass is 10.0. The zero-order valence-corrected chi connectivity index (χ0v) is 24.8. The second-order valence-corrected chi connectivity index (χ2v) is 13.9. The summed E-state index contributed by atoms with van der Waals surface area (Å²) >= 11 is 7.95. The minimum Gasteiger partial charge on any atom is -0.390 e. The molecule has 212 valence electrons. The van der Waals surface area contributed by atoms with E-state index in [4.69, 9.17) is 16.6 Å². The molecule has 2 aliphatic heterocycles. The number of likely N-dealkylation sites (tertiary alicyclic amines) is 1. The zero-order chi connectivity index (χ0) is 28.5. The van der Waals surface area contributed by atoms with Gasteiger partial charge in [0.15, 0.2) is 0 Å². The van der Waals surface area contributed by atoms with E-state index >= 15 is 0 Å². The zero-order valence-electron chi connectivity index (χ0n) is 23.3. The van der Waals surface area contributed by atoms with Gasteiger partial charge in [0.2, 0.25) is 5.91 Å². The Morgan fingerprint density at radius 3 is 2.38 bits per heavy atom. The Kier molecular flexibility index (Phi) is 8.83. The van der Waals surface area contributed by atoms with Crippen molar-refractivity contribution in [1.29, 1.82) is 0 Å². The quantitative estimate of drug-likeness (QED) is 0.416. The van der Waals surface area contributed by atoms with Gasteiger partial charge in [-0.05, 0) is 62.4 Å². The molecule has 1 aromatic carbocycles. The van der Waals surface area contributed by atoms with Gasteiger partial charge >= 0.3 is 0 Å². The summed E-state index contributed by atoms with van der Waals surface area (Å²) in [5, 5.41) is 13.0. The fraction of sp³-hybridized carbons (Fsp3) is 0.552. The predicted molar refractivity (Wildman–Crippen MR) is 154 cm³/mol. The van der Waals surface area contributed by atoms with Gasteiger partial charge in [-0.1, -0.05) is 32.4 Å². The van der Waals surface area contributed by atoms with Gasteiger partial charge in [0.25, 0.3) is 5.91 Å². The lowest BCUT2D eigenvalue weighted by molar-refractivity contribution is -0.125. The number of halogens is 2. The average molecular weight is 577 g/mol. The number of aromatic nitrogens is 1. The number of rotatable bonds is 8. The van der Waals surface area contributed by atoms with Gasteiger partial charge in [-0.3, -0.25) is 9.59 Å². The number of piperazine rings is 1. The number of nitrogens with zero attached hydrogens (tertiary/aromatic N) is 3. The van der Waals surface area contributed by atoms with Crippen molar-refractivity contribution in [2.45, 2.75) is 83.0 Å². The first-order chi connectivity index (χ1) is 18.2. The van der Waals surface area contributed by atoms with Crippen LogP contribution in [-0.2, 0) is 11.3 Å². The highest BCUT2D eigenvalue weighted by atomic mass is 35.5. The van der Waals surface area contributed by atoms with Crippen LogP contribution in [0.3, 0.4) is 0 Å². The van der Waals surface area contributed by atoms with E-state index in [1.54, 1.807) is 25.6 Å². The molecular weight excluding hydrogens is 539 g/mol. The predicted octanol–water partition coefficient (Wildman–Crippen LogP) is 5.28. The number of benzene rings is 1. The average Bonchev–Trinajstić information content (AvgIpc) is 3.08. The lowest BCUT2D eigenvalue weighted by Gasteiger charge is -2.42. The minimum absolute atomic E-state index is 0.0104. The molecule has 0 aliphatic carbocycles. The highest BCUT2D eigenvalue weighted by molar-refractivity contribution is 7.99. The first kappa shape index (κ1) is 29.6. The molecule has 2 N–H and O–H groups in total. The second kappa shape index (κ2) is 11.6. The van der Waals surface area contributed by atoms with E-state index in [0.29, 0.717) is 18.7 Å². The van der Waals surface area contributed by atoms with Gasteiger partial charge in [-0.2, -0.15) is 0 Å². The summed E-state index contributed by atoms with van der Waals surface area (Å²) in [7, 11) is 0. The number of aliphatic hydroxyl groups is 1. The van der Waals surface area contributed by atoms with Gasteiger partial charge in [-0.15, -0.1) is 11.8 Å². The van der Waals surface area contributed by atoms with Crippen LogP contribution in [0.2, 0.25) is 5.02 Å². The van der Waals surface area contributed by atoms with Crippen molar-refractivity contribution < 1.29 is 19.1 Å². The minimum atomic E-state index is -1.08. The molecule has 2 bridgehead atoms. The smallest absolute Gasteiger partial charge is 0.255 e. The van der Waals surface area contributed by atoms with Crippen LogP contribution in [0.4, 0.5) is 10.2 Å². The van der Waals surface area contributed by atoms with E-state index in [2.05, 4.69) is 37.1 Å². The second-order valence-electron chi connectivity index (χ2n) is 12.4. The molecule has 0 saturated carbocycles. The van der Waals surface area contributed by atoms with Crippen molar-refractivity contribution in [2.75, 3.05) is 23.7 Å². The monoisotopic (exact) mass is 576 g/mol. The maximum Gasteiger partial charge on any atom is 0.255 e. The van der Waals surface area contributed by atoms with Crippen LogP contribution in [0, 0.1) is 11.2 Å². The van der Waals surface area contributed by atoms with Crippen LogP contribution >= 0.6 is 23.4 Å². The highest BCUT2D eigenvalue weighted by Gasteiger charge is 2.42. The van der Waals surface area contributed by atoms with Crippen molar-refractivity contribution in [1.82, 2.24) is 15.2 Å². The third-order valence-corrected chi connectivity index (χ3v) is 8.66.